The Morgan fingerprint density at radius 1 is 0.743 bits per heavy atom. The molecule has 0 amide bonds. The summed E-state index contributed by atoms with van der Waals surface area (Å²) in [5.41, 5.74) is -10.5. The van der Waals surface area contributed by atoms with Crippen molar-refractivity contribution in [2.24, 2.45) is 0 Å². The van der Waals surface area contributed by atoms with Crippen LogP contribution in [0.5, 0.6) is 0 Å². The number of ether oxygens (including phenoxy) is 2. The minimum atomic E-state index is -8.50. The molecule has 1 saturated heterocycles. The lowest BCUT2D eigenvalue weighted by molar-refractivity contribution is -0.465. The second kappa shape index (κ2) is 7.58. The highest BCUT2D eigenvalue weighted by atomic mass is 19.4. The van der Waals surface area contributed by atoms with Crippen LogP contribution >= 0.6 is 0 Å². The Hall–Kier alpha value is -2.35. The zero-order chi connectivity index (χ0) is 28.6. The number of halogens is 15. The summed E-state index contributed by atoms with van der Waals surface area (Å²) in [6.07, 6.45) is -28.1. The fraction of sp³-hybridized carbons (Fsp3) is 0.857. The second-order valence-electron chi connectivity index (χ2n) is 7.74. The molecule has 0 radical (unpaired) electrons. The lowest BCUT2D eigenvalue weighted by Gasteiger charge is -2.48. The van der Waals surface area contributed by atoms with Crippen molar-refractivity contribution in [3.05, 3.63) is 0 Å². The number of carboxylic acids is 1. The van der Waals surface area contributed by atoms with Gasteiger partial charge in [-0.1, -0.05) is 0 Å². The van der Waals surface area contributed by atoms with Crippen LogP contribution in [0.4, 0.5) is 70.7 Å². The third kappa shape index (κ3) is 3.79. The van der Waals surface area contributed by atoms with Gasteiger partial charge in [0.1, 0.15) is 5.60 Å². The fourth-order valence-electron chi connectivity index (χ4n) is 2.92. The molecule has 35 heavy (non-hydrogen) atoms. The van der Waals surface area contributed by atoms with Crippen LogP contribution in [-0.2, 0) is 14.3 Å². The molecule has 0 aliphatic carbocycles. The van der Waals surface area contributed by atoms with Crippen molar-refractivity contribution >= 4 is 12.1 Å². The maximum Gasteiger partial charge on any atom is 0.512 e. The SMILES string of the molecule is CC(C)(C)OC(=O)O[C@@]1(F)C(F)(F)N(C(C(F)(F)F)(C(F)(F)F)C(F)(F)F)[C@](F)(C(=O)O)C1(F)F. The van der Waals surface area contributed by atoms with Gasteiger partial charge in [-0.3, -0.25) is 0 Å². The van der Waals surface area contributed by atoms with Gasteiger partial charge in [-0.15, -0.1) is 0 Å². The number of aliphatic carboxylic acids is 1. The van der Waals surface area contributed by atoms with Gasteiger partial charge in [-0.2, -0.15) is 66.4 Å². The van der Waals surface area contributed by atoms with Crippen LogP contribution in [-0.4, -0.2) is 75.4 Å². The smallest absolute Gasteiger partial charge is 0.478 e. The number of alkyl halides is 15. The largest absolute Gasteiger partial charge is 0.512 e. The Morgan fingerprint density at radius 3 is 1.34 bits per heavy atom. The van der Waals surface area contributed by atoms with Crippen molar-refractivity contribution in [1.82, 2.24) is 4.90 Å². The normalized spacial score (nSPS) is 28.1. The van der Waals surface area contributed by atoms with Crippen molar-refractivity contribution in [2.45, 2.75) is 74.1 Å². The highest BCUT2D eigenvalue weighted by Gasteiger charge is 3.04. The van der Waals surface area contributed by atoms with Crippen molar-refractivity contribution in [3.63, 3.8) is 0 Å². The zero-order valence-corrected chi connectivity index (χ0v) is 16.7. The van der Waals surface area contributed by atoms with E-state index in [9.17, 15) is 75.4 Å². The van der Waals surface area contributed by atoms with E-state index < -0.39 is 70.3 Å². The summed E-state index contributed by atoms with van der Waals surface area (Å²) >= 11 is 0. The molecule has 0 spiro atoms. The monoisotopic (exact) mass is 557 g/mol. The maximum atomic E-state index is 14.9. The molecular weight excluding hydrogens is 547 g/mol. The number of nitrogens with zero attached hydrogens (tertiary/aromatic N) is 1. The standard InChI is InChI=1S/C14H10F15NO5/c1-6(2,3)34-5(33)35-10(18)9(16,17)7(15,4(31)32)30(14(10,28)29)8(11(19,20)21,12(22,23)24)13(25,26)27/h1-3H3,(H,31,32)/t7-,10-/m1/s1. The van der Waals surface area contributed by atoms with Gasteiger partial charge in [-0.05, 0) is 20.8 Å². The van der Waals surface area contributed by atoms with Gasteiger partial charge in [0.15, 0.2) is 0 Å². The van der Waals surface area contributed by atoms with Crippen LogP contribution in [0.25, 0.3) is 0 Å². The molecule has 21 heteroatoms. The lowest BCUT2D eigenvalue weighted by Crippen LogP contribution is -2.82. The van der Waals surface area contributed by atoms with Gasteiger partial charge in [0.05, 0.1) is 0 Å². The van der Waals surface area contributed by atoms with E-state index in [0.717, 1.165) is 20.8 Å². The van der Waals surface area contributed by atoms with Crippen LogP contribution < -0.4 is 0 Å². The number of hydrogen-bond acceptors (Lipinski definition) is 5. The molecule has 1 heterocycles. The van der Waals surface area contributed by atoms with Crippen LogP contribution in [0, 0.1) is 0 Å². The van der Waals surface area contributed by atoms with Gasteiger partial charge in [-0.25, -0.2) is 14.0 Å². The minimum absolute atomic E-state index is 0.773. The molecule has 1 aliphatic rings. The van der Waals surface area contributed by atoms with Crippen LogP contribution in [0.3, 0.4) is 0 Å². The lowest BCUT2D eigenvalue weighted by atomic mass is 9.91. The van der Waals surface area contributed by atoms with Crippen molar-refractivity contribution in [1.29, 1.82) is 0 Å². The predicted octanol–water partition coefficient (Wildman–Crippen LogP) is 5.32. The number of likely N-dealkylation sites (tertiary alicyclic amines) is 1. The number of rotatable bonds is 3. The van der Waals surface area contributed by atoms with Gasteiger partial charge in [0, 0.05) is 0 Å². The number of carbonyl (C=O) groups is 2. The molecule has 0 aromatic heterocycles. The Balaban J connectivity index is 4.29. The molecule has 1 N–H and O–H groups in total. The van der Waals surface area contributed by atoms with E-state index in [-0.39, 0.29) is 0 Å². The van der Waals surface area contributed by atoms with Crippen LogP contribution in [0.1, 0.15) is 20.8 Å². The fourth-order valence-corrected chi connectivity index (χ4v) is 2.92. The summed E-state index contributed by atoms with van der Waals surface area (Å²) < 4.78 is 214. The summed E-state index contributed by atoms with van der Waals surface area (Å²) in [4.78, 5) is 18.1. The Labute approximate surface area is 182 Å². The molecule has 6 nitrogen and oxygen atoms in total. The van der Waals surface area contributed by atoms with Crippen molar-refractivity contribution in [3.8, 4) is 0 Å². The highest BCUT2D eigenvalue weighted by Crippen LogP contribution is 2.70. The Kier molecular flexibility index (Phi) is 6.64. The van der Waals surface area contributed by atoms with E-state index >= 15 is 0 Å². The molecule has 0 aromatic rings. The van der Waals surface area contributed by atoms with E-state index in [0.29, 0.717) is 0 Å². The molecule has 0 saturated carbocycles. The van der Waals surface area contributed by atoms with E-state index in [1.165, 1.54) is 0 Å². The number of carboxylic acid groups (broad SMARTS) is 1. The zero-order valence-electron chi connectivity index (χ0n) is 16.7. The summed E-state index contributed by atoms with van der Waals surface area (Å²) in [5, 5.41) is 8.55. The minimum Gasteiger partial charge on any atom is -0.478 e. The van der Waals surface area contributed by atoms with Gasteiger partial charge < -0.3 is 14.6 Å². The molecular formula is C14H10F15NO5. The van der Waals surface area contributed by atoms with E-state index in [1.807, 2.05) is 0 Å². The summed E-state index contributed by atoms with van der Waals surface area (Å²) in [6.45, 7) is 2.32. The molecule has 1 rings (SSSR count). The molecule has 206 valence electrons. The second-order valence-corrected chi connectivity index (χ2v) is 7.74. The van der Waals surface area contributed by atoms with E-state index in [2.05, 4.69) is 9.47 Å². The summed E-state index contributed by atoms with van der Waals surface area (Å²) in [5.74, 6) is -26.9. The Bertz CT molecular complexity index is 837. The first-order valence-electron chi connectivity index (χ1n) is 8.20. The van der Waals surface area contributed by atoms with Crippen LogP contribution in [0.2, 0.25) is 0 Å². The number of hydrogen-bond donors (Lipinski definition) is 1. The van der Waals surface area contributed by atoms with Crippen molar-refractivity contribution < 1.29 is 90.0 Å². The van der Waals surface area contributed by atoms with E-state index in [1.54, 1.807) is 0 Å². The predicted molar refractivity (Wildman–Crippen MR) is 75.3 cm³/mol. The first-order valence-corrected chi connectivity index (χ1v) is 8.20. The van der Waals surface area contributed by atoms with E-state index in [4.69, 9.17) is 5.11 Å². The molecule has 2 atom stereocenters. The van der Waals surface area contributed by atoms with Gasteiger partial charge in [0.25, 0.3) is 0 Å². The topological polar surface area (TPSA) is 76.1 Å². The molecule has 0 bridgehead atoms. The van der Waals surface area contributed by atoms with Gasteiger partial charge >= 0.3 is 59.8 Å². The third-order valence-corrected chi connectivity index (χ3v) is 4.26. The molecule has 0 aromatic carbocycles. The molecule has 1 fully saturated rings. The third-order valence-electron chi connectivity index (χ3n) is 4.26. The first-order chi connectivity index (χ1) is 14.9. The number of carbonyl (C=O) groups excluding carboxylic acids is 1. The summed E-state index contributed by atoms with van der Waals surface area (Å²) in [7, 11) is 0. The maximum absolute atomic E-state index is 14.9. The molecule has 0 unspecified atom stereocenters. The van der Waals surface area contributed by atoms with Gasteiger partial charge in [0.2, 0.25) is 0 Å². The van der Waals surface area contributed by atoms with Crippen molar-refractivity contribution in [2.75, 3.05) is 0 Å². The average molecular weight is 557 g/mol. The average Bonchev–Trinajstić information content (AvgIpc) is 2.59. The highest BCUT2D eigenvalue weighted by molar-refractivity contribution is 5.80. The molecule has 1 aliphatic heterocycles. The quantitative estimate of drug-likeness (QED) is 0.288. The summed E-state index contributed by atoms with van der Waals surface area (Å²) in [6, 6.07) is -7.85. The van der Waals surface area contributed by atoms with Crippen LogP contribution in [0.15, 0.2) is 0 Å². The first kappa shape index (κ1) is 30.7. The Morgan fingerprint density at radius 2 is 1.09 bits per heavy atom.